The van der Waals surface area contributed by atoms with Gasteiger partial charge in [0.05, 0.1) is 11.4 Å². The molecule has 0 aliphatic rings. The van der Waals surface area contributed by atoms with Gasteiger partial charge in [-0.05, 0) is 37.3 Å². The Bertz CT molecular complexity index is 803. The molecule has 20 heavy (non-hydrogen) atoms. The molecule has 0 aliphatic carbocycles. The van der Waals surface area contributed by atoms with Crippen LogP contribution in [-0.2, 0) is 0 Å². The minimum absolute atomic E-state index is 0.168. The monoisotopic (exact) mass is 268 g/mol. The standard InChI is InChI=1S/C14H12N4O2/c1-9-3-8-13(19)18(16-9)12-6-4-11(5-7-12)14-15-10(2)20-17-14/h3-8H,1-2H3. The van der Waals surface area contributed by atoms with Crippen molar-refractivity contribution >= 4 is 0 Å². The lowest BCUT2D eigenvalue weighted by Crippen LogP contribution is -2.20. The first kappa shape index (κ1) is 12.3. The number of aryl methyl sites for hydroxylation is 2. The van der Waals surface area contributed by atoms with Crippen LogP contribution < -0.4 is 5.56 Å². The fourth-order valence-electron chi connectivity index (χ4n) is 1.86. The first-order chi connectivity index (χ1) is 9.63. The van der Waals surface area contributed by atoms with E-state index in [-0.39, 0.29) is 5.56 Å². The van der Waals surface area contributed by atoms with E-state index in [1.54, 1.807) is 25.1 Å². The molecule has 2 aromatic heterocycles. The van der Waals surface area contributed by atoms with Crippen LogP contribution in [0, 0.1) is 13.8 Å². The average molecular weight is 268 g/mol. The molecular weight excluding hydrogens is 256 g/mol. The molecule has 100 valence electrons. The third-order valence-electron chi connectivity index (χ3n) is 2.83. The van der Waals surface area contributed by atoms with E-state index in [2.05, 4.69) is 15.2 Å². The SMILES string of the molecule is Cc1ccc(=O)n(-c2ccc(-c3noc(C)n3)cc2)n1. The van der Waals surface area contributed by atoms with Gasteiger partial charge in [0.15, 0.2) is 0 Å². The fourth-order valence-corrected chi connectivity index (χ4v) is 1.86. The molecular formula is C14H12N4O2. The number of nitrogens with zero attached hydrogens (tertiary/aromatic N) is 4. The van der Waals surface area contributed by atoms with E-state index in [0.717, 1.165) is 11.3 Å². The summed E-state index contributed by atoms with van der Waals surface area (Å²) < 4.78 is 6.30. The van der Waals surface area contributed by atoms with Crippen molar-refractivity contribution in [1.29, 1.82) is 0 Å². The normalized spacial score (nSPS) is 10.7. The summed E-state index contributed by atoms with van der Waals surface area (Å²) in [6.45, 7) is 3.58. The van der Waals surface area contributed by atoms with Crippen molar-refractivity contribution in [3.63, 3.8) is 0 Å². The van der Waals surface area contributed by atoms with Crippen molar-refractivity contribution in [2.75, 3.05) is 0 Å². The molecule has 0 unspecified atom stereocenters. The summed E-state index contributed by atoms with van der Waals surface area (Å²) >= 11 is 0. The molecule has 6 heteroatoms. The molecule has 0 saturated carbocycles. The molecule has 3 rings (SSSR count). The number of hydrogen-bond donors (Lipinski definition) is 0. The Morgan fingerprint density at radius 3 is 2.45 bits per heavy atom. The van der Waals surface area contributed by atoms with Crippen molar-refractivity contribution in [3.8, 4) is 17.1 Å². The van der Waals surface area contributed by atoms with E-state index in [4.69, 9.17) is 4.52 Å². The zero-order valence-electron chi connectivity index (χ0n) is 11.1. The summed E-state index contributed by atoms with van der Waals surface area (Å²) in [5, 5.41) is 8.05. The lowest BCUT2D eigenvalue weighted by atomic mass is 10.2. The van der Waals surface area contributed by atoms with Crippen LogP contribution in [-0.4, -0.2) is 19.9 Å². The molecule has 0 saturated heterocycles. The highest BCUT2D eigenvalue weighted by Gasteiger charge is 2.07. The molecule has 0 amide bonds. The summed E-state index contributed by atoms with van der Waals surface area (Å²) in [6, 6.07) is 10.4. The number of hydrogen-bond acceptors (Lipinski definition) is 5. The Morgan fingerprint density at radius 1 is 1.05 bits per heavy atom. The summed E-state index contributed by atoms with van der Waals surface area (Å²) in [4.78, 5) is 15.9. The molecule has 3 aromatic rings. The Labute approximate surface area is 114 Å². The molecule has 0 fully saturated rings. The highest BCUT2D eigenvalue weighted by molar-refractivity contribution is 5.56. The molecule has 0 bridgehead atoms. The van der Waals surface area contributed by atoms with Gasteiger partial charge in [0.2, 0.25) is 11.7 Å². The van der Waals surface area contributed by atoms with Gasteiger partial charge in [-0.15, -0.1) is 0 Å². The largest absolute Gasteiger partial charge is 0.339 e. The van der Waals surface area contributed by atoms with Gasteiger partial charge in [-0.1, -0.05) is 5.16 Å². The van der Waals surface area contributed by atoms with Gasteiger partial charge in [-0.3, -0.25) is 4.79 Å². The molecule has 0 spiro atoms. The van der Waals surface area contributed by atoms with E-state index < -0.39 is 0 Å². The van der Waals surface area contributed by atoms with Gasteiger partial charge in [-0.25, -0.2) is 0 Å². The van der Waals surface area contributed by atoms with Crippen LogP contribution in [0.4, 0.5) is 0 Å². The van der Waals surface area contributed by atoms with Crippen LogP contribution in [0.25, 0.3) is 17.1 Å². The predicted molar refractivity (Wildman–Crippen MR) is 72.6 cm³/mol. The second-order valence-electron chi connectivity index (χ2n) is 4.41. The average Bonchev–Trinajstić information content (AvgIpc) is 2.88. The molecule has 0 N–H and O–H groups in total. The Morgan fingerprint density at radius 2 is 1.80 bits per heavy atom. The van der Waals surface area contributed by atoms with Crippen molar-refractivity contribution in [2.24, 2.45) is 0 Å². The van der Waals surface area contributed by atoms with Crippen LogP contribution in [0.2, 0.25) is 0 Å². The van der Waals surface area contributed by atoms with Crippen LogP contribution in [0.15, 0.2) is 45.7 Å². The quantitative estimate of drug-likeness (QED) is 0.709. The highest BCUT2D eigenvalue weighted by atomic mass is 16.5. The summed E-state index contributed by atoms with van der Waals surface area (Å²) in [6.07, 6.45) is 0. The van der Waals surface area contributed by atoms with Gasteiger partial charge >= 0.3 is 0 Å². The minimum Gasteiger partial charge on any atom is -0.339 e. The van der Waals surface area contributed by atoms with Gasteiger partial charge in [-0.2, -0.15) is 14.8 Å². The maximum absolute atomic E-state index is 11.8. The van der Waals surface area contributed by atoms with Crippen LogP contribution >= 0.6 is 0 Å². The topological polar surface area (TPSA) is 73.8 Å². The molecule has 6 nitrogen and oxygen atoms in total. The van der Waals surface area contributed by atoms with Crippen LogP contribution in [0.1, 0.15) is 11.6 Å². The first-order valence-corrected chi connectivity index (χ1v) is 6.11. The maximum Gasteiger partial charge on any atom is 0.271 e. The lowest BCUT2D eigenvalue weighted by molar-refractivity contribution is 0.394. The van der Waals surface area contributed by atoms with E-state index in [0.29, 0.717) is 17.4 Å². The highest BCUT2D eigenvalue weighted by Crippen LogP contribution is 2.17. The van der Waals surface area contributed by atoms with Crippen LogP contribution in [0.3, 0.4) is 0 Å². The summed E-state index contributed by atoms with van der Waals surface area (Å²) in [5.41, 5.74) is 2.13. The first-order valence-electron chi connectivity index (χ1n) is 6.11. The zero-order chi connectivity index (χ0) is 14.1. The van der Waals surface area contributed by atoms with E-state index >= 15 is 0 Å². The van der Waals surface area contributed by atoms with Crippen molar-refractivity contribution in [1.82, 2.24) is 19.9 Å². The van der Waals surface area contributed by atoms with E-state index in [1.807, 2.05) is 19.1 Å². The number of rotatable bonds is 2. The van der Waals surface area contributed by atoms with Gasteiger partial charge in [0, 0.05) is 18.6 Å². The third kappa shape index (κ3) is 2.23. The molecule has 2 heterocycles. The minimum atomic E-state index is -0.168. The molecule has 1 aromatic carbocycles. The Hall–Kier alpha value is -2.76. The Balaban J connectivity index is 2.01. The molecule has 0 atom stereocenters. The van der Waals surface area contributed by atoms with E-state index in [9.17, 15) is 4.79 Å². The van der Waals surface area contributed by atoms with Crippen molar-refractivity contribution in [3.05, 3.63) is 58.3 Å². The second-order valence-corrected chi connectivity index (χ2v) is 4.41. The zero-order valence-corrected chi connectivity index (χ0v) is 11.1. The number of aromatic nitrogens is 4. The van der Waals surface area contributed by atoms with Gasteiger partial charge in [0.1, 0.15) is 0 Å². The second kappa shape index (κ2) is 4.73. The Kier molecular flexibility index (Phi) is 2.90. The van der Waals surface area contributed by atoms with E-state index in [1.165, 1.54) is 10.7 Å². The summed E-state index contributed by atoms with van der Waals surface area (Å²) in [5.74, 6) is 1.04. The van der Waals surface area contributed by atoms with Gasteiger partial charge < -0.3 is 4.52 Å². The maximum atomic E-state index is 11.8. The summed E-state index contributed by atoms with van der Waals surface area (Å²) in [7, 11) is 0. The van der Waals surface area contributed by atoms with Crippen LogP contribution in [0.5, 0.6) is 0 Å². The molecule has 0 radical (unpaired) electrons. The van der Waals surface area contributed by atoms with Gasteiger partial charge in [0.25, 0.3) is 5.56 Å². The lowest BCUT2D eigenvalue weighted by Gasteiger charge is -2.05. The molecule has 0 aliphatic heterocycles. The van der Waals surface area contributed by atoms with Crippen molar-refractivity contribution < 1.29 is 4.52 Å². The predicted octanol–water partition coefficient (Wildman–Crippen LogP) is 1.90. The third-order valence-corrected chi connectivity index (χ3v) is 2.83. The smallest absolute Gasteiger partial charge is 0.271 e. The van der Waals surface area contributed by atoms with Crippen molar-refractivity contribution in [2.45, 2.75) is 13.8 Å². The number of benzene rings is 1. The fraction of sp³-hybridized carbons (Fsp3) is 0.143.